The Labute approximate surface area is 185 Å². The van der Waals surface area contributed by atoms with Gasteiger partial charge in [0.1, 0.15) is 17.4 Å². The highest BCUT2D eigenvalue weighted by Crippen LogP contribution is 2.27. The Hall–Kier alpha value is -4.06. The maximum Gasteiger partial charge on any atom is 0.408 e. The topological polar surface area (TPSA) is 77.8 Å². The number of amides is 1. The summed E-state index contributed by atoms with van der Waals surface area (Å²) in [6.07, 6.45) is -0.419. The summed E-state index contributed by atoms with van der Waals surface area (Å²) in [6, 6.07) is 26.3. The van der Waals surface area contributed by atoms with Crippen LogP contribution >= 0.6 is 0 Å². The fourth-order valence-electron chi connectivity index (χ4n) is 3.49. The average Bonchev–Trinajstić information content (AvgIpc) is 3.25. The minimum absolute atomic E-state index is 0.0551. The van der Waals surface area contributed by atoms with Crippen LogP contribution in [0.4, 0.5) is 4.79 Å². The molecule has 1 N–H and O–H groups in total. The number of alkyl carbamates (subject to hydrolysis) is 1. The van der Waals surface area contributed by atoms with E-state index in [0.29, 0.717) is 17.8 Å². The van der Waals surface area contributed by atoms with Crippen molar-refractivity contribution >= 4 is 23.0 Å². The number of methoxy groups -OCH3 is 1. The summed E-state index contributed by atoms with van der Waals surface area (Å²) in [4.78, 5) is 24.4. The van der Waals surface area contributed by atoms with E-state index in [2.05, 4.69) is 5.32 Å². The molecule has 6 nitrogen and oxygen atoms in total. The predicted molar refractivity (Wildman–Crippen MR) is 121 cm³/mol. The lowest BCUT2D eigenvalue weighted by molar-refractivity contribution is -0.143. The molecule has 0 aliphatic rings. The number of rotatable bonds is 7. The standard InChI is InChI=1S/C26H23NO5/c1-30-25(28)23(14-18-8-4-2-5-9-18)27-26(29)31-17-22-16-21-15-20(12-13-24(21)32-22)19-10-6-3-7-11-19/h2-13,15-16,23H,14,17H2,1H3,(H,27,29). The van der Waals surface area contributed by atoms with Gasteiger partial charge in [0.25, 0.3) is 0 Å². The second-order valence-electron chi connectivity index (χ2n) is 7.32. The van der Waals surface area contributed by atoms with Crippen molar-refractivity contribution in [2.75, 3.05) is 7.11 Å². The zero-order valence-electron chi connectivity index (χ0n) is 17.6. The molecule has 0 bridgehead atoms. The molecule has 0 radical (unpaired) electrons. The first-order valence-electron chi connectivity index (χ1n) is 10.3. The highest BCUT2D eigenvalue weighted by molar-refractivity contribution is 5.84. The summed E-state index contributed by atoms with van der Waals surface area (Å²) >= 11 is 0. The summed E-state index contributed by atoms with van der Waals surface area (Å²) in [6.45, 7) is -0.0551. The van der Waals surface area contributed by atoms with E-state index in [1.807, 2.05) is 84.9 Å². The van der Waals surface area contributed by atoms with Crippen molar-refractivity contribution in [3.8, 4) is 11.1 Å². The highest BCUT2D eigenvalue weighted by Gasteiger charge is 2.23. The Morgan fingerprint density at radius 1 is 0.906 bits per heavy atom. The average molecular weight is 429 g/mol. The number of benzene rings is 3. The van der Waals surface area contributed by atoms with Gasteiger partial charge < -0.3 is 19.2 Å². The first-order valence-corrected chi connectivity index (χ1v) is 10.3. The fraction of sp³-hybridized carbons (Fsp3) is 0.154. The van der Waals surface area contributed by atoms with Gasteiger partial charge in [-0.15, -0.1) is 0 Å². The van der Waals surface area contributed by atoms with Crippen molar-refractivity contribution in [2.24, 2.45) is 0 Å². The molecular formula is C26H23NO5. The third kappa shape index (κ3) is 5.16. The van der Waals surface area contributed by atoms with Crippen LogP contribution in [0.15, 0.2) is 89.3 Å². The molecule has 3 aromatic carbocycles. The molecule has 1 heterocycles. The number of hydrogen-bond donors (Lipinski definition) is 1. The number of ether oxygens (including phenoxy) is 2. The third-order valence-corrected chi connectivity index (χ3v) is 5.08. The molecule has 1 unspecified atom stereocenters. The van der Waals surface area contributed by atoms with Crippen LogP contribution < -0.4 is 5.32 Å². The van der Waals surface area contributed by atoms with Crippen LogP contribution in [0.1, 0.15) is 11.3 Å². The van der Waals surface area contributed by atoms with E-state index in [9.17, 15) is 9.59 Å². The number of carbonyl (C=O) groups excluding carboxylic acids is 2. The first kappa shape index (κ1) is 21.2. The Morgan fingerprint density at radius 2 is 1.62 bits per heavy atom. The lowest BCUT2D eigenvalue weighted by atomic mass is 10.0. The van der Waals surface area contributed by atoms with Crippen LogP contribution in [-0.4, -0.2) is 25.2 Å². The molecular weight excluding hydrogens is 406 g/mol. The predicted octanol–water partition coefficient (Wildman–Crippen LogP) is 5.11. The van der Waals surface area contributed by atoms with E-state index in [0.717, 1.165) is 22.1 Å². The van der Waals surface area contributed by atoms with Crippen molar-refractivity contribution in [3.63, 3.8) is 0 Å². The molecule has 1 amide bonds. The molecule has 0 saturated carbocycles. The zero-order chi connectivity index (χ0) is 22.3. The zero-order valence-corrected chi connectivity index (χ0v) is 17.6. The molecule has 4 rings (SSSR count). The number of furan rings is 1. The molecule has 0 fully saturated rings. The molecule has 1 aromatic heterocycles. The molecule has 4 aromatic rings. The van der Waals surface area contributed by atoms with Gasteiger partial charge in [-0.3, -0.25) is 0 Å². The molecule has 32 heavy (non-hydrogen) atoms. The third-order valence-electron chi connectivity index (χ3n) is 5.08. The van der Waals surface area contributed by atoms with Gasteiger partial charge in [0, 0.05) is 11.8 Å². The van der Waals surface area contributed by atoms with E-state index in [1.54, 1.807) is 0 Å². The second-order valence-corrected chi connectivity index (χ2v) is 7.32. The van der Waals surface area contributed by atoms with E-state index < -0.39 is 18.1 Å². The van der Waals surface area contributed by atoms with Crippen molar-refractivity contribution in [3.05, 3.63) is 96.3 Å². The largest absolute Gasteiger partial charge is 0.467 e. The smallest absolute Gasteiger partial charge is 0.408 e. The summed E-state index contributed by atoms with van der Waals surface area (Å²) < 4.78 is 15.9. The van der Waals surface area contributed by atoms with Gasteiger partial charge in [-0.25, -0.2) is 9.59 Å². The molecule has 0 aliphatic carbocycles. The Balaban J connectivity index is 1.39. The van der Waals surface area contributed by atoms with E-state index in [1.165, 1.54) is 7.11 Å². The minimum atomic E-state index is -0.848. The molecule has 162 valence electrons. The van der Waals surface area contributed by atoms with Crippen LogP contribution in [0.25, 0.3) is 22.1 Å². The fourth-order valence-corrected chi connectivity index (χ4v) is 3.49. The maximum absolute atomic E-state index is 12.3. The van der Waals surface area contributed by atoms with Crippen molar-refractivity contribution in [1.29, 1.82) is 0 Å². The summed E-state index contributed by atoms with van der Waals surface area (Å²) in [5.74, 6) is -0.0268. The van der Waals surface area contributed by atoms with Crippen molar-refractivity contribution in [2.45, 2.75) is 19.1 Å². The number of hydrogen-bond acceptors (Lipinski definition) is 5. The number of esters is 1. The Bertz CT molecular complexity index is 1200. The van der Waals surface area contributed by atoms with Crippen molar-refractivity contribution in [1.82, 2.24) is 5.32 Å². The second kappa shape index (κ2) is 9.83. The van der Waals surface area contributed by atoms with E-state index >= 15 is 0 Å². The van der Waals surface area contributed by atoms with E-state index in [-0.39, 0.29) is 6.61 Å². The van der Waals surface area contributed by atoms with Gasteiger partial charge in [-0.05, 0) is 34.9 Å². The lowest BCUT2D eigenvalue weighted by Gasteiger charge is -2.16. The summed E-state index contributed by atoms with van der Waals surface area (Å²) in [5, 5.41) is 3.49. The summed E-state index contributed by atoms with van der Waals surface area (Å²) in [5.41, 5.74) is 3.79. The summed E-state index contributed by atoms with van der Waals surface area (Å²) in [7, 11) is 1.28. The Morgan fingerprint density at radius 3 is 2.34 bits per heavy atom. The van der Waals surface area contributed by atoms with Crippen LogP contribution in [0.2, 0.25) is 0 Å². The van der Waals surface area contributed by atoms with Gasteiger partial charge in [0.2, 0.25) is 0 Å². The number of nitrogens with one attached hydrogen (secondary N) is 1. The molecule has 6 heteroatoms. The van der Waals surface area contributed by atoms with Gasteiger partial charge in [-0.1, -0.05) is 66.7 Å². The molecule has 0 aliphatic heterocycles. The van der Waals surface area contributed by atoms with Gasteiger partial charge in [0.15, 0.2) is 6.61 Å². The van der Waals surface area contributed by atoms with Gasteiger partial charge in [-0.2, -0.15) is 0 Å². The van der Waals surface area contributed by atoms with Crippen LogP contribution in [0.3, 0.4) is 0 Å². The molecule has 0 saturated heterocycles. The maximum atomic E-state index is 12.3. The first-order chi connectivity index (χ1) is 15.6. The monoisotopic (exact) mass is 429 g/mol. The van der Waals surface area contributed by atoms with Gasteiger partial charge >= 0.3 is 12.1 Å². The SMILES string of the molecule is COC(=O)C(Cc1ccccc1)NC(=O)OCc1cc2cc(-c3ccccc3)ccc2o1. The normalized spacial score (nSPS) is 11.7. The Kier molecular flexibility index (Phi) is 6.51. The highest BCUT2D eigenvalue weighted by atomic mass is 16.6. The minimum Gasteiger partial charge on any atom is -0.467 e. The van der Waals surface area contributed by atoms with Crippen LogP contribution in [0, 0.1) is 0 Å². The van der Waals surface area contributed by atoms with Gasteiger partial charge in [0.05, 0.1) is 7.11 Å². The molecule has 0 spiro atoms. The number of carbonyl (C=O) groups is 2. The van der Waals surface area contributed by atoms with Crippen LogP contribution in [-0.2, 0) is 27.3 Å². The molecule has 1 atom stereocenters. The lowest BCUT2D eigenvalue weighted by Crippen LogP contribution is -2.43. The van der Waals surface area contributed by atoms with E-state index in [4.69, 9.17) is 13.9 Å². The van der Waals surface area contributed by atoms with Crippen molar-refractivity contribution < 1.29 is 23.5 Å². The number of fused-ring (bicyclic) bond motifs is 1. The quantitative estimate of drug-likeness (QED) is 0.413. The van der Waals surface area contributed by atoms with Crippen LogP contribution in [0.5, 0.6) is 0 Å².